The van der Waals surface area contributed by atoms with Crippen molar-refractivity contribution in [2.45, 2.75) is 31.5 Å². The van der Waals surface area contributed by atoms with Gasteiger partial charge in [0.2, 0.25) is 0 Å². The zero-order valence-electron chi connectivity index (χ0n) is 19.7. The molecular formula is C30H26N2O4. The zero-order valence-corrected chi connectivity index (χ0v) is 19.7. The third-order valence-electron chi connectivity index (χ3n) is 6.71. The molecule has 1 saturated heterocycles. The van der Waals surface area contributed by atoms with Crippen LogP contribution in [0, 0.1) is 0 Å². The molecule has 0 aliphatic carbocycles. The van der Waals surface area contributed by atoms with E-state index in [4.69, 9.17) is 0 Å². The molecule has 0 bridgehead atoms. The second-order valence-corrected chi connectivity index (χ2v) is 9.01. The Kier molecular flexibility index (Phi) is 6.50. The molecule has 1 N–H and O–H groups in total. The van der Waals surface area contributed by atoms with Gasteiger partial charge in [0.1, 0.15) is 12.1 Å². The first-order valence-electron chi connectivity index (χ1n) is 11.9. The Morgan fingerprint density at radius 1 is 0.778 bits per heavy atom. The molecule has 1 fully saturated rings. The minimum atomic E-state index is -1.29. The first-order chi connectivity index (χ1) is 17.5. The molecule has 6 heteroatoms. The number of aliphatic carboxylic acids is 1. The molecule has 5 rings (SSSR count). The number of imide groups is 1. The highest BCUT2D eigenvalue weighted by Gasteiger charge is 2.49. The van der Waals surface area contributed by atoms with Gasteiger partial charge in [-0.05, 0) is 27.5 Å². The van der Waals surface area contributed by atoms with Gasteiger partial charge in [0.15, 0.2) is 0 Å². The highest BCUT2D eigenvalue weighted by molar-refractivity contribution is 6.07. The number of carboxylic acid groups (broad SMARTS) is 1. The van der Waals surface area contributed by atoms with Crippen LogP contribution in [0.2, 0.25) is 0 Å². The van der Waals surface area contributed by atoms with Gasteiger partial charge in [0.25, 0.3) is 5.91 Å². The molecule has 2 unspecified atom stereocenters. The van der Waals surface area contributed by atoms with Crippen molar-refractivity contribution in [1.82, 2.24) is 9.80 Å². The fraction of sp³-hybridized carbons (Fsp3) is 0.167. The number of rotatable bonds is 8. The van der Waals surface area contributed by atoms with E-state index in [0.717, 1.165) is 32.4 Å². The first-order valence-corrected chi connectivity index (χ1v) is 11.9. The van der Waals surface area contributed by atoms with E-state index in [1.54, 1.807) is 12.1 Å². The minimum absolute atomic E-state index is 0.0494. The van der Waals surface area contributed by atoms with Gasteiger partial charge in [-0.25, -0.2) is 14.5 Å². The molecule has 4 aromatic carbocycles. The van der Waals surface area contributed by atoms with Crippen LogP contribution in [0.5, 0.6) is 0 Å². The van der Waals surface area contributed by atoms with E-state index in [1.807, 2.05) is 91.0 Å². The number of fused-ring (bicyclic) bond motifs is 1. The molecular weight excluding hydrogens is 452 g/mol. The van der Waals surface area contributed by atoms with Gasteiger partial charge in [-0.1, -0.05) is 103 Å². The van der Waals surface area contributed by atoms with Gasteiger partial charge in [-0.15, -0.1) is 0 Å². The lowest BCUT2D eigenvalue weighted by Crippen LogP contribution is -2.47. The second-order valence-electron chi connectivity index (χ2n) is 9.01. The van der Waals surface area contributed by atoms with Crippen molar-refractivity contribution in [2.24, 2.45) is 0 Å². The molecule has 1 heterocycles. The number of benzene rings is 4. The minimum Gasteiger partial charge on any atom is -0.480 e. The van der Waals surface area contributed by atoms with Crippen LogP contribution in [0.25, 0.3) is 10.8 Å². The molecule has 4 aromatic rings. The topological polar surface area (TPSA) is 77.9 Å². The van der Waals surface area contributed by atoms with Crippen molar-refractivity contribution in [3.05, 3.63) is 120 Å². The summed E-state index contributed by atoms with van der Waals surface area (Å²) in [7, 11) is 0. The van der Waals surface area contributed by atoms with Crippen LogP contribution < -0.4 is 0 Å². The molecule has 180 valence electrons. The molecule has 1 aliphatic heterocycles. The number of carboxylic acids is 1. The molecule has 0 spiro atoms. The predicted molar refractivity (Wildman–Crippen MR) is 137 cm³/mol. The number of hydrogen-bond acceptors (Lipinski definition) is 3. The van der Waals surface area contributed by atoms with Crippen LogP contribution in [0.1, 0.15) is 16.7 Å². The Bertz CT molecular complexity index is 1400. The third-order valence-corrected chi connectivity index (χ3v) is 6.71. The largest absolute Gasteiger partial charge is 0.480 e. The van der Waals surface area contributed by atoms with Crippen LogP contribution in [0.3, 0.4) is 0 Å². The van der Waals surface area contributed by atoms with Crippen LogP contribution in [-0.4, -0.2) is 44.9 Å². The quantitative estimate of drug-likeness (QED) is 0.365. The summed E-state index contributed by atoms with van der Waals surface area (Å²) < 4.78 is 0. The highest BCUT2D eigenvalue weighted by atomic mass is 16.4. The Morgan fingerprint density at radius 3 is 2.08 bits per heavy atom. The maximum absolute atomic E-state index is 13.8. The fourth-order valence-electron chi connectivity index (χ4n) is 4.90. The van der Waals surface area contributed by atoms with Gasteiger partial charge >= 0.3 is 12.0 Å². The van der Waals surface area contributed by atoms with E-state index in [0.29, 0.717) is 6.42 Å². The van der Waals surface area contributed by atoms with E-state index in [9.17, 15) is 19.5 Å². The van der Waals surface area contributed by atoms with Crippen LogP contribution in [0.4, 0.5) is 4.79 Å². The van der Waals surface area contributed by atoms with Gasteiger partial charge in [-0.2, -0.15) is 0 Å². The average Bonchev–Trinajstić information content (AvgIpc) is 3.12. The van der Waals surface area contributed by atoms with Crippen molar-refractivity contribution in [2.75, 3.05) is 0 Å². The molecule has 1 aliphatic rings. The van der Waals surface area contributed by atoms with Crippen molar-refractivity contribution in [1.29, 1.82) is 0 Å². The summed E-state index contributed by atoms with van der Waals surface area (Å²) >= 11 is 0. The first kappa shape index (κ1) is 23.3. The van der Waals surface area contributed by atoms with Crippen molar-refractivity contribution in [3.8, 4) is 0 Å². The van der Waals surface area contributed by atoms with E-state index in [2.05, 4.69) is 0 Å². The number of urea groups is 1. The Morgan fingerprint density at radius 2 is 1.39 bits per heavy atom. The van der Waals surface area contributed by atoms with E-state index >= 15 is 0 Å². The average molecular weight is 479 g/mol. The Balaban J connectivity index is 1.52. The number of hydrogen-bond donors (Lipinski definition) is 1. The molecule has 36 heavy (non-hydrogen) atoms. The predicted octanol–water partition coefficient (Wildman–Crippen LogP) is 4.91. The lowest BCUT2D eigenvalue weighted by molar-refractivity contribution is -0.146. The molecule has 0 radical (unpaired) electrons. The van der Waals surface area contributed by atoms with Gasteiger partial charge in [-0.3, -0.25) is 4.79 Å². The Hall–Kier alpha value is -4.45. The van der Waals surface area contributed by atoms with Crippen LogP contribution >= 0.6 is 0 Å². The third kappa shape index (κ3) is 4.58. The van der Waals surface area contributed by atoms with Gasteiger partial charge in [0, 0.05) is 19.4 Å². The highest BCUT2D eigenvalue weighted by Crippen LogP contribution is 2.29. The fourth-order valence-corrected chi connectivity index (χ4v) is 4.90. The summed E-state index contributed by atoms with van der Waals surface area (Å²) in [4.78, 5) is 42.3. The SMILES string of the molecule is O=C(O)C(Cc1ccccc1)N1C(=O)C(Cc2ccccc2)N(Cc2cccc3ccccc23)C1=O. The second kappa shape index (κ2) is 10.0. The van der Waals surface area contributed by atoms with Crippen molar-refractivity contribution < 1.29 is 19.5 Å². The maximum atomic E-state index is 13.8. The monoisotopic (exact) mass is 478 g/mol. The number of nitrogens with zero attached hydrogens (tertiary/aromatic N) is 2. The van der Waals surface area contributed by atoms with E-state index in [1.165, 1.54) is 4.90 Å². The van der Waals surface area contributed by atoms with Crippen LogP contribution in [0.15, 0.2) is 103 Å². The van der Waals surface area contributed by atoms with Gasteiger partial charge < -0.3 is 10.0 Å². The number of carbonyl (C=O) groups excluding carboxylic acids is 2. The summed E-state index contributed by atoms with van der Waals surface area (Å²) in [6.07, 6.45) is 0.359. The summed E-state index contributed by atoms with van der Waals surface area (Å²) in [6.45, 7) is 0.206. The van der Waals surface area contributed by atoms with Crippen LogP contribution in [-0.2, 0) is 29.0 Å². The standard InChI is InChI=1S/C30H26N2O4/c33-28-26(18-21-10-3-1-4-11-21)31(20-24-16-9-15-23-14-7-8-17-25(23)24)30(36)32(28)27(29(34)35)19-22-12-5-2-6-13-22/h1-17,26-27H,18-20H2,(H,34,35). The lowest BCUT2D eigenvalue weighted by atomic mass is 10.0. The summed E-state index contributed by atoms with van der Waals surface area (Å²) in [5, 5.41) is 12.1. The normalized spacial score (nSPS) is 16.5. The number of amides is 3. The van der Waals surface area contributed by atoms with Crippen molar-refractivity contribution >= 4 is 28.7 Å². The lowest BCUT2D eigenvalue weighted by Gasteiger charge is -2.24. The summed E-state index contributed by atoms with van der Waals surface area (Å²) in [5.41, 5.74) is 2.56. The zero-order chi connectivity index (χ0) is 25.1. The smallest absolute Gasteiger partial charge is 0.328 e. The molecule has 3 amide bonds. The van der Waals surface area contributed by atoms with Gasteiger partial charge in [0.05, 0.1) is 0 Å². The van der Waals surface area contributed by atoms with E-state index < -0.39 is 30.0 Å². The summed E-state index contributed by atoms with van der Waals surface area (Å²) in [5.74, 6) is -1.68. The molecule has 6 nitrogen and oxygen atoms in total. The molecule has 0 aromatic heterocycles. The van der Waals surface area contributed by atoms with E-state index in [-0.39, 0.29) is 13.0 Å². The van der Waals surface area contributed by atoms with Crippen molar-refractivity contribution in [3.63, 3.8) is 0 Å². The Labute approximate surface area is 209 Å². The molecule has 0 saturated carbocycles. The summed E-state index contributed by atoms with van der Waals surface area (Å²) in [6, 6.07) is 29.7. The number of carbonyl (C=O) groups is 3. The maximum Gasteiger partial charge on any atom is 0.328 e. The molecule has 2 atom stereocenters.